The van der Waals surface area contributed by atoms with E-state index in [4.69, 9.17) is 0 Å². The van der Waals surface area contributed by atoms with Crippen molar-refractivity contribution in [3.05, 3.63) is 47.5 Å². The average Bonchev–Trinajstić information content (AvgIpc) is 2.86. The van der Waals surface area contributed by atoms with Gasteiger partial charge in [0.1, 0.15) is 0 Å². The monoisotopic (exact) mass is 227 g/mol. The molecule has 2 aliphatic rings. The number of rotatable bonds is 2. The molecule has 2 atom stereocenters. The van der Waals surface area contributed by atoms with E-state index >= 15 is 0 Å². The zero-order valence-corrected chi connectivity index (χ0v) is 10.5. The average molecular weight is 227 g/mol. The molecule has 0 radical (unpaired) electrons. The van der Waals surface area contributed by atoms with E-state index in [9.17, 15) is 0 Å². The fraction of sp³-hybridized carbons (Fsp3) is 0.500. The fourth-order valence-corrected chi connectivity index (χ4v) is 3.22. The highest BCUT2D eigenvalue weighted by atomic mass is 15.0. The van der Waals surface area contributed by atoms with Gasteiger partial charge in [-0.2, -0.15) is 0 Å². The Morgan fingerprint density at radius 1 is 1.00 bits per heavy atom. The summed E-state index contributed by atoms with van der Waals surface area (Å²) in [5, 5.41) is 3.83. The molecule has 1 N–H and O–H groups in total. The van der Waals surface area contributed by atoms with Gasteiger partial charge in [0, 0.05) is 12.1 Å². The minimum absolute atomic E-state index is 0.576. The lowest BCUT2D eigenvalue weighted by Crippen LogP contribution is -2.33. The summed E-state index contributed by atoms with van der Waals surface area (Å²) >= 11 is 0. The van der Waals surface area contributed by atoms with Crippen molar-refractivity contribution in [1.82, 2.24) is 5.32 Å². The molecule has 0 saturated carbocycles. The van der Waals surface area contributed by atoms with Gasteiger partial charge in [-0.1, -0.05) is 43.3 Å². The first-order valence-electron chi connectivity index (χ1n) is 6.84. The molecule has 0 aliphatic heterocycles. The lowest BCUT2D eigenvalue weighted by atomic mass is 9.81. The van der Waals surface area contributed by atoms with E-state index in [1.54, 1.807) is 5.56 Å². The number of fused-ring (bicyclic) bond motifs is 1. The molecule has 0 heterocycles. The number of nitrogens with one attached hydrogen (secondary N) is 1. The summed E-state index contributed by atoms with van der Waals surface area (Å²) in [7, 11) is 0. The van der Waals surface area contributed by atoms with Crippen LogP contribution < -0.4 is 5.32 Å². The maximum atomic E-state index is 3.83. The predicted octanol–water partition coefficient (Wildman–Crippen LogP) is 3.93. The Hall–Kier alpha value is -1.08. The van der Waals surface area contributed by atoms with Gasteiger partial charge in [0.15, 0.2) is 0 Å². The van der Waals surface area contributed by atoms with Crippen molar-refractivity contribution in [3.8, 4) is 0 Å². The van der Waals surface area contributed by atoms with Crippen LogP contribution in [-0.4, -0.2) is 6.04 Å². The van der Waals surface area contributed by atoms with Crippen molar-refractivity contribution in [2.75, 3.05) is 0 Å². The number of hydrogen-bond donors (Lipinski definition) is 1. The van der Waals surface area contributed by atoms with Crippen LogP contribution >= 0.6 is 0 Å². The quantitative estimate of drug-likeness (QED) is 0.755. The van der Waals surface area contributed by atoms with E-state index < -0.39 is 0 Å². The van der Waals surface area contributed by atoms with Gasteiger partial charge in [-0.05, 0) is 42.7 Å². The molecule has 0 aromatic heterocycles. The van der Waals surface area contributed by atoms with Crippen LogP contribution in [0.2, 0.25) is 0 Å². The van der Waals surface area contributed by atoms with Crippen LogP contribution in [0.3, 0.4) is 0 Å². The summed E-state index contributed by atoms with van der Waals surface area (Å²) < 4.78 is 0. The highest BCUT2D eigenvalue weighted by molar-refractivity contribution is 5.35. The molecule has 1 aromatic rings. The summed E-state index contributed by atoms with van der Waals surface area (Å²) in [4.78, 5) is 0. The first-order valence-corrected chi connectivity index (χ1v) is 6.84. The molecule has 1 nitrogen and oxygen atoms in total. The Morgan fingerprint density at radius 2 is 1.71 bits per heavy atom. The molecule has 2 aliphatic carbocycles. The summed E-state index contributed by atoms with van der Waals surface area (Å²) in [6.07, 6.45) is 9.61. The van der Waals surface area contributed by atoms with Crippen LogP contribution in [0, 0.1) is 0 Å². The van der Waals surface area contributed by atoms with E-state index in [2.05, 4.69) is 48.7 Å². The molecule has 0 spiro atoms. The van der Waals surface area contributed by atoms with Crippen LogP contribution in [0.15, 0.2) is 36.4 Å². The maximum absolute atomic E-state index is 3.83. The van der Waals surface area contributed by atoms with Crippen molar-refractivity contribution in [2.24, 2.45) is 0 Å². The van der Waals surface area contributed by atoms with Crippen molar-refractivity contribution < 1.29 is 0 Å². The Labute approximate surface area is 104 Å². The third-order valence-electron chi connectivity index (χ3n) is 4.24. The summed E-state index contributed by atoms with van der Waals surface area (Å²) in [5.41, 5.74) is 3.10. The second-order valence-corrected chi connectivity index (χ2v) is 5.47. The zero-order chi connectivity index (χ0) is 11.7. The molecule has 0 saturated heterocycles. The molecule has 1 aromatic carbocycles. The van der Waals surface area contributed by atoms with Crippen LogP contribution in [0.4, 0.5) is 0 Å². The van der Waals surface area contributed by atoms with Gasteiger partial charge < -0.3 is 5.32 Å². The number of benzene rings is 1. The summed E-state index contributed by atoms with van der Waals surface area (Å²) in [5.74, 6) is 0.728. The van der Waals surface area contributed by atoms with Crippen LogP contribution in [0.25, 0.3) is 0 Å². The van der Waals surface area contributed by atoms with Crippen molar-refractivity contribution >= 4 is 0 Å². The van der Waals surface area contributed by atoms with Gasteiger partial charge in [-0.25, -0.2) is 0 Å². The third-order valence-corrected chi connectivity index (χ3v) is 4.24. The van der Waals surface area contributed by atoms with Gasteiger partial charge in [-0.15, -0.1) is 0 Å². The lowest BCUT2D eigenvalue weighted by Gasteiger charge is -2.32. The summed E-state index contributed by atoms with van der Waals surface area (Å²) in [6, 6.07) is 10.2. The topological polar surface area (TPSA) is 12.0 Å². The van der Waals surface area contributed by atoms with E-state index in [1.165, 1.54) is 31.2 Å². The fourth-order valence-electron chi connectivity index (χ4n) is 3.22. The van der Waals surface area contributed by atoms with Crippen molar-refractivity contribution in [1.29, 1.82) is 0 Å². The van der Waals surface area contributed by atoms with Crippen molar-refractivity contribution in [2.45, 2.75) is 50.6 Å². The van der Waals surface area contributed by atoms with E-state index in [0.29, 0.717) is 12.1 Å². The molecular weight excluding hydrogens is 206 g/mol. The van der Waals surface area contributed by atoms with Gasteiger partial charge in [-0.3, -0.25) is 0 Å². The van der Waals surface area contributed by atoms with Gasteiger partial charge >= 0.3 is 0 Å². The second-order valence-electron chi connectivity index (χ2n) is 5.47. The second kappa shape index (κ2) is 4.66. The first-order chi connectivity index (χ1) is 8.34. The largest absolute Gasteiger partial charge is 0.307 e. The highest BCUT2D eigenvalue weighted by Crippen LogP contribution is 2.37. The Kier molecular flexibility index (Phi) is 3.02. The van der Waals surface area contributed by atoms with Gasteiger partial charge in [0.05, 0.1) is 0 Å². The SMILES string of the molecule is CC1CCC(NC2CC=CC2)c2ccccc21. The molecule has 2 unspecified atom stereocenters. The smallest absolute Gasteiger partial charge is 0.0325 e. The molecular formula is C16H21N. The Morgan fingerprint density at radius 3 is 2.47 bits per heavy atom. The maximum Gasteiger partial charge on any atom is 0.0325 e. The molecule has 0 amide bonds. The molecule has 0 bridgehead atoms. The zero-order valence-electron chi connectivity index (χ0n) is 10.5. The molecule has 1 heteroatoms. The standard InChI is InChI=1S/C16H21N/c1-12-10-11-16(17-13-6-2-3-7-13)15-9-5-4-8-14(12)15/h2-5,8-9,12-13,16-17H,6-7,10-11H2,1H3. The predicted molar refractivity (Wildman–Crippen MR) is 72.1 cm³/mol. The first kappa shape index (κ1) is 11.0. The van der Waals surface area contributed by atoms with Crippen LogP contribution in [-0.2, 0) is 0 Å². The summed E-state index contributed by atoms with van der Waals surface area (Å²) in [6.45, 7) is 2.35. The van der Waals surface area contributed by atoms with E-state index in [0.717, 1.165) is 5.92 Å². The molecule has 3 rings (SSSR count). The Balaban J connectivity index is 1.80. The molecule has 90 valence electrons. The number of hydrogen-bond acceptors (Lipinski definition) is 1. The molecule has 0 fully saturated rings. The minimum atomic E-state index is 0.576. The van der Waals surface area contributed by atoms with E-state index in [1.807, 2.05) is 0 Å². The van der Waals surface area contributed by atoms with Crippen LogP contribution in [0.1, 0.15) is 55.7 Å². The minimum Gasteiger partial charge on any atom is -0.307 e. The third kappa shape index (κ3) is 2.16. The van der Waals surface area contributed by atoms with Crippen molar-refractivity contribution in [3.63, 3.8) is 0 Å². The van der Waals surface area contributed by atoms with Crippen LogP contribution in [0.5, 0.6) is 0 Å². The highest BCUT2D eigenvalue weighted by Gasteiger charge is 2.26. The van der Waals surface area contributed by atoms with Gasteiger partial charge in [0.2, 0.25) is 0 Å². The lowest BCUT2D eigenvalue weighted by molar-refractivity contribution is 0.386. The van der Waals surface area contributed by atoms with Gasteiger partial charge in [0.25, 0.3) is 0 Å². The van der Waals surface area contributed by atoms with E-state index in [-0.39, 0.29) is 0 Å². The molecule has 17 heavy (non-hydrogen) atoms. The Bertz CT molecular complexity index is 413. The normalized spacial score (nSPS) is 28.3.